The van der Waals surface area contributed by atoms with E-state index in [0.29, 0.717) is 23.7 Å². The van der Waals surface area contributed by atoms with Gasteiger partial charge in [-0.15, -0.1) is 0 Å². The molecule has 0 atom stereocenters. The average molecular weight is 368 g/mol. The molecule has 0 radical (unpaired) electrons. The number of amides is 1. The van der Waals surface area contributed by atoms with Crippen LogP contribution in [0.25, 0.3) is 0 Å². The Morgan fingerprint density at radius 2 is 1.74 bits per heavy atom. The van der Waals surface area contributed by atoms with Gasteiger partial charge >= 0.3 is 0 Å². The fraction of sp³-hybridized carbons (Fsp3) is 0.409. The highest BCUT2D eigenvalue weighted by molar-refractivity contribution is 5.95. The molecule has 2 aromatic rings. The lowest BCUT2D eigenvalue weighted by atomic mass is 10.1. The molecular weight excluding hydrogens is 340 g/mol. The van der Waals surface area contributed by atoms with Crippen LogP contribution in [0, 0.1) is 0 Å². The first-order valence-corrected chi connectivity index (χ1v) is 9.57. The Morgan fingerprint density at radius 3 is 2.41 bits per heavy atom. The zero-order valence-electron chi connectivity index (χ0n) is 16.2. The van der Waals surface area contributed by atoms with E-state index in [1.807, 2.05) is 24.0 Å². The number of methoxy groups -OCH3 is 1. The number of nitrogens with zero attached hydrogens (tertiary/aromatic N) is 2. The molecule has 0 aliphatic carbocycles. The van der Waals surface area contributed by atoms with E-state index in [0.717, 1.165) is 39.1 Å². The van der Waals surface area contributed by atoms with Crippen LogP contribution in [0.15, 0.2) is 48.5 Å². The van der Waals surface area contributed by atoms with Crippen LogP contribution in [0.5, 0.6) is 11.5 Å². The van der Waals surface area contributed by atoms with Crippen molar-refractivity contribution in [3.05, 3.63) is 59.7 Å². The lowest BCUT2D eigenvalue weighted by molar-refractivity contribution is 0.0638. The van der Waals surface area contributed by atoms with Gasteiger partial charge in [0.25, 0.3) is 5.91 Å². The molecule has 1 saturated heterocycles. The smallest absolute Gasteiger partial charge is 0.254 e. The van der Waals surface area contributed by atoms with Gasteiger partial charge in [0.15, 0.2) is 11.5 Å². The van der Waals surface area contributed by atoms with Crippen LogP contribution in [-0.4, -0.2) is 62.1 Å². The van der Waals surface area contributed by atoms with Crippen molar-refractivity contribution in [2.24, 2.45) is 0 Å². The SMILES string of the molecule is CCOc1cc(C(=O)N2CCN(CCc3ccccc3)CC2)ccc1OC. The summed E-state index contributed by atoms with van der Waals surface area (Å²) in [6.45, 7) is 6.81. The van der Waals surface area contributed by atoms with Crippen LogP contribution in [0.4, 0.5) is 0 Å². The second-order valence-electron chi connectivity index (χ2n) is 6.67. The van der Waals surface area contributed by atoms with Crippen molar-refractivity contribution in [3.8, 4) is 11.5 Å². The van der Waals surface area contributed by atoms with Crippen molar-refractivity contribution in [2.45, 2.75) is 13.3 Å². The first-order chi connectivity index (χ1) is 13.2. The van der Waals surface area contributed by atoms with E-state index in [9.17, 15) is 4.79 Å². The van der Waals surface area contributed by atoms with Crippen LogP contribution >= 0.6 is 0 Å². The summed E-state index contributed by atoms with van der Waals surface area (Å²) in [6.07, 6.45) is 1.05. The van der Waals surface area contributed by atoms with Crippen molar-refractivity contribution in [3.63, 3.8) is 0 Å². The van der Waals surface area contributed by atoms with Crippen LogP contribution in [-0.2, 0) is 6.42 Å². The fourth-order valence-electron chi connectivity index (χ4n) is 3.37. The average Bonchev–Trinajstić information content (AvgIpc) is 2.73. The van der Waals surface area contributed by atoms with Crippen LogP contribution in [0.2, 0.25) is 0 Å². The fourth-order valence-corrected chi connectivity index (χ4v) is 3.37. The Labute approximate surface area is 161 Å². The third kappa shape index (κ3) is 5.01. The van der Waals surface area contributed by atoms with Gasteiger partial charge in [-0.2, -0.15) is 0 Å². The van der Waals surface area contributed by atoms with E-state index < -0.39 is 0 Å². The number of hydrogen-bond acceptors (Lipinski definition) is 4. The Morgan fingerprint density at radius 1 is 1.00 bits per heavy atom. The van der Waals surface area contributed by atoms with Gasteiger partial charge in [-0.3, -0.25) is 9.69 Å². The van der Waals surface area contributed by atoms with Crippen molar-refractivity contribution in [1.82, 2.24) is 9.80 Å². The largest absolute Gasteiger partial charge is 0.493 e. The van der Waals surface area contributed by atoms with E-state index in [4.69, 9.17) is 9.47 Å². The number of carbonyl (C=O) groups excluding carboxylic acids is 1. The molecule has 2 aromatic carbocycles. The maximum absolute atomic E-state index is 12.9. The highest BCUT2D eigenvalue weighted by Crippen LogP contribution is 2.28. The van der Waals surface area contributed by atoms with Crippen LogP contribution < -0.4 is 9.47 Å². The second-order valence-corrected chi connectivity index (χ2v) is 6.67. The summed E-state index contributed by atoms with van der Waals surface area (Å²) in [5, 5.41) is 0. The second kappa shape index (κ2) is 9.42. The van der Waals surface area contributed by atoms with Gasteiger partial charge in [0.2, 0.25) is 0 Å². The molecule has 0 spiro atoms. The molecule has 0 bridgehead atoms. The molecule has 27 heavy (non-hydrogen) atoms. The molecule has 3 rings (SSSR count). The van der Waals surface area contributed by atoms with Gasteiger partial charge in [-0.25, -0.2) is 0 Å². The number of rotatable bonds is 7. The molecule has 1 heterocycles. The summed E-state index contributed by atoms with van der Waals surface area (Å²) in [7, 11) is 1.61. The Bertz CT molecular complexity index is 740. The predicted molar refractivity (Wildman–Crippen MR) is 107 cm³/mol. The quantitative estimate of drug-likeness (QED) is 0.753. The lowest BCUT2D eigenvalue weighted by Gasteiger charge is -2.34. The van der Waals surface area contributed by atoms with E-state index in [1.165, 1.54) is 5.56 Å². The summed E-state index contributed by atoms with van der Waals surface area (Å²) in [5.74, 6) is 1.33. The van der Waals surface area contributed by atoms with Crippen molar-refractivity contribution >= 4 is 5.91 Å². The summed E-state index contributed by atoms with van der Waals surface area (Å²) in [4.78, 5) is 17.2. The molecule has 1 amide bonds. The first kappa shape index (κ1) is 19.2. The van der Waals surface area contributed by atoms with Crippen molar-refractivity contribution < 1.29 is 14.3 Å². The molecule has 0 saturated carbocycles. The maximum Gasteiger partial charge on any atom is 0.254 e. The summed E-state index contributed by atoms with van der Waals surface area (Å²) >= 11 is 0. The number of ether oxygens (including phenoxy) is 2. The van der Waals surface area contributed by atoms with E-state index in [2.05, 4.69) is 29.2 Å². The van der Waals surface area contributed by atoms with Crippen molar-refractivity contribution in [2.75, 3.05) is 46.4 Å². The minimum Gasteiger partial charge on any atom is -0.493 e. The molecule has 1 fully saturated rings. The number of carbonyl (C=O) groups is 1. The molecule has 5 heteroatoms. The zero-order chi connectivity index (χ0) is 19.1. The zero-order valence-corrected chi connectivity index (χ0v) is 16.2. The molecule has 0 aromatic heterocycles. The van der Waals surface area contributed by atoms with Gasteiger partial charge < -0.3 is 14.4 Å². The van der Waals surface area contributed by atoms with Gasteiger partial charge in [0.1, 0.15) is 0 Å². The Kier molecular flexibility index (Phi) is 6.71. The third-order valence-electron chi connectivity index (χ3n) is 4.93. The Hall–Kier alpha value is -2.53. The summed E-state index contributed by atoms with van der Waals surface area (Å²) in [5.41, 5.74) is 2.01. The monoisotopic (exact) mass is 368 g/mol. The topological polar surface area (TPSA) is 42.0 Å². The number of piperazine rings is 1. The summed E-state index contributed by atoms with van der Waals surface area (Å²) in [6, 6.07) is 15.9. The van der Waals surface area contributed by atoms with Gasteiger partial charge in [0, 0.05) is 38.3 Å². The predicted octanol–water partition coefficient (Wildman–Crippen LogP) is 3.09. The van der Waals surface area contributed by atoms with Gasteiger partial charge in [-0.05, 0) is 37.1 Å². The normalized spacial score (nSPS) is 14.8. The first-order valence-electron chi connectivity index (χ1n) is 9.57. The minimum atomic E-state index is 0.0568. The molecule has 0 unspecified atom stereocenters. The van der Waals surface area contributed by atoms with Gasteiger partial charge in [0.05, 0.1) is 13.7 Å². The van der Waals surface area contributed by atoms with Crippen LogP contribution in [0.1, 0.15) is 22.8 Å². The molecule has 1 aliphatic heterocycles. The molecule has 144 valence electrons. The molecule has 0 N–H and O–H groups in total. The van der Waals surface area contributed by atoms with E-state index in [1.54, 1.807) is 19.2 Å². The standard InChI is InChI=1S/C22H28N2O3/c1-3-27-21-17-19(9-10-20(21)26-2)22(25)24-15-13-23(14-16-24)12-11-18-7-5-4-6-8-18/h4-10,17H,3,11-16H2,1-2H3. The summed E-state index contributed by atoms with van der Waals surface area (Å²) < 4.78 is 10.9. The number of benzene rings is 2. The van der Waals surface area contributed by atoms with Crippen LogP contribution in [0.3, 0.4) is 0 Å². The third-order valence-corrected chi connectivity index (χ3v) is 4.93. The van der Waals surface area contributed by atoms with E-state index >= 15 is 0 Å². The highest BCUT2D eigenvalue weighted by atomic mass is 16.5. The van der Waals surface area contributed by atoms with E-state index in [-0.39, 0.29) is 5.91 Å². The molecular formula is C22H28N2O3. The Balaban J connectivity index is 1.54. The minimum absolute atomic E-state index is 0.0568. The number of hydrogen-bond donors (Lipinski definition) is 0. The molecule has 5 nitrogen and oxygen atoms in total. The maximum atomic E-state index is 12.9. The van der Waals surface area contributed by atoms with Crippen molar-refractivity contribution in [1.29, 1.82) is 0 Å². The van der Waals surface area contributed by atoms with Gasteiger partial charge in [-0.1, -0.05) is 30.3 Å². The highest BCUT2D eigenvalue weighted by Gasteiger charge is 2.23. The molecule has 1 aliphatic rings. The lowest BCUT2D eigenvalue weighted by Crippen LogP contribution is -2.49.